The molecule has 0 aliphatic carbocycles. The topological polar surface area (TPSA) is 95.7 Å². The van der Waals surface area contributed by atoms with Crippen LogP contribution in [-0.2, 0) is 0 Å². The third kappa shape index (κ3) is 4.37. The summed E-state index contributed by atoms with van der Waals surface area (Å²) in [6.45, 7) is 3.95. The van der Waals surface area contributed by atoms with E-state index in [1.807, 2.05) is 86.6 Å². The van der Waals surface area contributed by atoms with Gasteiger partial charge in [0.15, 0.2) is 0 Å². The van der Waals surface area contributed by atoms with Crippen molar-refractivity contribution in [3.05, 3.63) is 108 Å². The zero-order valence-electron chi connectivity index (χ0n) is 23.2. The predicted octanol–water partition coefficient (Wildman–Crippen LogP) is 5.36. The molecule has 2 heterocycles. The SMILES string of the molecule is Cc1cc(-c2cc(OBO)cc3ccccc23)c2ccc3c(-c4cc(B(O)O)cc5ccccc45)cc(C)nc3c2n1. The van der Waals surface area contributed by atoms with Crippen LogP contribution in [0.1, 0.15) is 11.4 Å². The number of nitrogens with zero attached hydrogens (tertiary/aromatic N) is 2. The fourth-order valence-corrected chi connectivity index (χ4v) is 6.05. The lowest BCUT2D eigenvalue weighted by Gasteiger charge is -2.17. The number of aryl methyl sites for hydroxylation is 2. The first-order valence-corrected chi connectivity index (χ1v) is 13.8. The van der Waals surface area contributed by atoms with Gasteiger partial charge in [0.05, 0.1) is 11.0 Å². The van der Waals surface area contributed by atoms with Crippen LogP contribution in [0, 0.1) is 13.8 Å². The van der Waals surface area contributed by atoms with E-state index < -0.39 is 14.8 Å². The Morgan fingerprint density at radius 1 is 0.595 bits per heavy atom. The monoisotopic (exact) mass is 548 g/mol. The summed E-state index contributed by atoms with van der Waals surface area (Å²) in [5.41, 5.74) is 7.51. The van der Waals surface area contributed by atoms with Gasteiger partial charge < -0.3 is 19.7 Å². The van der Waals surface area contributed by atoms with Crippen LogP contribution in [0.25, 0.3) is 65.6 Å². The summed E-state index contributed by atoms with van der Waals surface area (Å²) < 4.78 is 5.52. The van der Waals surface area contributed by atoms with E-state index in [1.165, 1.54) is 0 Å². The Morgan fingerprint density at radius 2 is 1.10 bits per heavy atom. The highest BCUT2D eigenvalue weighted by molar-refractivity contribution is 6.59. The average Bonchev–Trinajstić information content (AvgIpc) is 2.99. The summed E-state index contributed by atoms with van der Waals surface area (Å²) in [6.07, 6.45) is 0. The second-order valence-corrected chi connectivity index (χ2v) is 10.6. The Hall–Kier alpha value is -4.75. The van der Waals surface area contributed by atoms with Crippen molar-refractivity contribution in [1.82, 2.24) is 9.97 Å². The van der Waals surface area contributed by atoms with E-state index in [0.29, 0.717) is 11.2 Å². The van der Waals surface area contributed by atoms with Gasteiger partial charge in [0.25, 0.3) is 0 Å². The molecule has 6 nitrogen and oxygen atoms in total. The van der Waals surface area contributed by atoms with E-state index >= 15 is 0 Å². The highest BCUT2D eigenvalue weighted by Gasteiger charge is 2.19. The van der Waals surface area contributed by atoms with Gasteiger partial charge >= 0.3 is 14.8 Å². The van der Waals surface area contributed by atoms with Gasteiger partial charge in [-0.05, 0) is 87.4 Å². The first-order chi connectivity index (χ1) is 20.4. The molecule has 0 unspecified atom stereocenters. The molecule has 0 bridgehead atoms. The number of rotatable bonds is 5. The molecule has 8 heteroatoms. The molecule has 0 aliphatic rings. The molecule has 0 spiro atoms. The molecular weight excluding hydrogens is 522 g/mol. The molecule has 0 saturated heterocycles. The van der Waals surface area contributed by atoms with Gasteiger partial charge in [0.2, 0.25) is 0 Å². The fraction of sp³-hybridized carbons (Fsp3) is 0.0588. The van der Waals surface area contributed by atoms with Gasteiger partial charge in [0.1, 0.15) is 5.75 Å². The maximum absolute atomic E-state index is 10.1. The second kappa shape index (κ2) is 10.3. The summed E-state index contributed by atoms with van der Waals surface area (Å²) in [5.74, 6) is 0.587. The third-order valence-corrected chi connectivity index (χ3v) is 7.84. The van der Waals surface area contributed by atoms with E-state index in [-0.39, 0.29) is 0 Å². The number of hydrogen-bond acceptors (Lipinski definition) is 6. The summed E-state index contributed by atoms with van der Waals surface area (Å²) in [6, 6.07) is 31.9. The number of pyridine rings is 2. The molecule has 3 N–H and O–H groups in total. The molecule has 202 valence electrons. The molecule has 42 heavy (non-hydrogen) atoms. The van der Waals surface area contributed by atoms with Gasteiger partial charge in [-0.15, -0.1) is 0 Å². The lowest BCUT2D eigenvalue weighted by Crippen LogP contribution is -2.29. The van der Waals surface area contributed by atoms with Crippen molar-refractivity contribution < 1.29 is 19.7 Å². The predicted molar refractivity (Wildman–Crippen MR) is 172 cm³/mol. The molecule has 0 radical (unpaired) electrons. The van der Waals surface area contributed by atoms with E-state index in [1.54, 1.807) is 0 Å². The minimum absolute atomic E-state index is 0.409. The quantitative estimate of drug-likeness (QED) is 0.198. The van der Waals surface area contributed by atoms with Crippen LogP contribution in [-0.4, -0.2) is 39.8 Å². The average molecular weight is 548 g/mol. The molecule has 7 aromatic rings. The maximum Gasteiger partial charge on any atom is 0.504 e. The number of hydrogen-bond donors (Lipinski definition) is 3. The number of aromatic nitrogens is 2. The molecule has 5 aromatic carbocycles. The van der Waals surface area contributed by atoms with Crippen LogP contribution in [0.4, 0.5) is 0 Å². The van der Waals surface area contributed by atoms with Crippen molar-refractivity contribution >= 4 is 63.6 Å². The van der Waals surface area contributed by atoms with Crippen molar-refractivity contribution in [2.75, 3.05) is 0 Å². The molecule has 0 amide bonds. The van der Waals surface area contributed by atoms with E-state index in [9.17, 15) is 15.1 Å². The van der Waals surface area contributed by atoms with Crippen LogP contribution < -0.4 is 10.1 Å². The van der Waals surface area contributed by atoms with Gasteiger partial charge in [0, 0.05) is 22.2 Å². The van der Waals surface area contributed by atoms with Crippen LogP contribution in [0.3, 0.4) is 0 Å². The smallest absolute Gasteiger partial charge is 0.504 e. The lowest BCUT2D eigenvalue weighted by atomic mass is 9.77. The first-order valence-electron chi connectivity index (χ1n) is 13.8. The molecule has 0 fully saturated rings. The summed E-state index contributed by atoms with van der Waals surface area (Å²) in [5, 5.41) is 35.5. The molecule has 0 aliphatic heterocycles. The number of fused-ring (bicyclic) bond motifs is 5. The minimum atomic E-state index is -1.59. The maximum atomic E-state index is 10.1. The zero-order valence-corrected chi connectivity index (χ0v) is 23.2. The van der Waals surface area contributed by atoms with E-state index in [4.69, 9.17) is 14.6 Å². The van der Waals surface area contributed by atoms with Crippen molar-refractivity contribution in [2.24, 2.45) is 0 Å². The Morgan fingerprint density at radius 3 is 1.64 bits per heavy atom. The van der Waals surface area contributed by atoms with Crippen LogP contribution in [0.2, 0.25) is 0 Å². The van der Waals surface area contributed by atoms with Gasteiger partial charge in [-0.3, -0.25) is 9.97 Å². The van der Waals surface area contributed by atoms with Crippen molar-refractivity contribution in [1.29, 1.82) is 0 Å². The molecule has 7 rings (SSSR count). The van der Waals surface area contributed by atoms with Crippen LogP contribution >= 0.6 is 0 Å². The molecular formula is C34H26B2N2O4. The third-order valence-electron chi connectivity index (χ3n) is 7.84. The van der Waals surface area contributed by atoms with Crippen molar-refractivity contribution in [3.63, 3.8) is 0 Å². The largest absolute Gasteiger partial charge is 0.539 e. The van der Waals surface area contributed by atoms with Crippen LogP contribution in [0.5, 0.6) is 5.75 Å². The van der Waals surface area contributed by atoms with Crippen molar-refractivity contribution in [3.8, 4) is 28.0 Å². The van der Waals surface area contributed by atoms with E-state index in [0.717, 1.165) is 77.0 Å². The summed E-state index contributed by atoms with van der Waals surface area (Å²) in [4.78, 5) is 9.99. The summed E-state index contributed by atoms with van der Waals surface area (Å²) in [7, 11) is -2.00. The van der Waals surface area contributed by atoms with Crippen molar-refractivity contribution in [2.45, 2.75) is 13.8 Å². The normalized spacial score (nSPS) is 11.5. The standard InChI is InChI=1S/C34H26B2N2O4/c1-19-13-29(31-17-23(36(40)41)15-21-7-3-5-9-25(21)31)27-11-12-28-30(14-20(2)38-34(28)33(27)37-19)32-18-24(42-35-39)16-22-8-4-6-10-26(22)32/h3-18,35,39-41H,1-2H3. The highest BCUT2D eigenvalue weighted by atomic mass is 16.5. The van der Waals surface area contributed by atoms with Gasteiger partial charge in [-0.1, -0.05) is 72.8 Å². The first kappa shape index (κ1) is 26.2. The number of benzene rings is 5. The lowest BCUT2D eigenvalue weighted by molar-refractivity contribution is 0.426. The zero-order chi connectivity index (χ0) is 29.0. The van der Waals surface area contributed by atoms with E-state index in [2.05, 4.69) is 24.3 Å². The Kier molecular flexibility index (Phi) is 6.39. The van der Waals surface area contributed by atoms with Gasteiger partial charge in [-0.25, -0.2) is 0 Å². The van der Waals surface area contributed by atoms with Crippen LogP contribution in [0.15, 0.2) is 97.1 Å². The Bertz CT molecular complexity index is 2180. The molecule has 0 saturated carbocycles. The summed E-state index contributed by atoms with van der Waals surface area (Å²) >= 11 is 0. The van der Waals surface area contributed by atoms with Gasteiger partial charge in [-0.2, -0.15) is 0 Å². The fourth-order valence-electron chi connectivity index (χ4n) is 6.05. The molecule has 2 aromatic heterocycles. The second-order valence-electron chi connectivity index (χ2n) is 10.6. The Balaban J connectivity index is 1.55. The molecule has 0 atom stereocenters. The Labute approximate surface area is 243 Å². The minimum Gasteiger partial charge on any atom is -0.539 e. The highest BCUT2D eigenvalue weighted by Crippen LogP contribution is 2.41.